The van der Waals surface area contributed by atoms with E-state index in [1.165, 1.54) is 0 Å². The van der Waals surface area contributed by atoms with Gasteiger partial charge in [0, 0.05) is 26.1 Å². The smallest absolute Gasteiger partial charge is 0.227 e. The van der Waals surface area contributed by atoms with Gasteiger partial charge in [-0.05, 0) is 30.7 Å². The molecule has 0 radical (unpaired) electrons. The normalized spacial score (nSPS) is 15.8. The van der Waals surface area contributed by atoms with Gasteiger partial charge in [0.25, 0.3) is 0 Å². The van der Waals surface area contributed by atoms with Gasteiger partial charge < -0.3 is 24.0 Å². The van der Waals surface area contributed by atoms with Gasteiger partial charge in [0.2, 0.25) is 11.8 Å². The Morgan fingerprint density at radius 2 is 1.90 bits per heavy atom. The van der Waals surface area contributed by atoms with Crippen LogP contribution >= 0.6 is 0 Å². The number of amides is 2. The van der Waals surface area contributed by atoms with E-state index in [2.05, 4.69) is 0 Å². The van der Waals surface area contributed by atoms with Crippen LogP contribution < -0.4 is 19.1 Å². The molecule has 0 spiro atoms. The Balaban J connectivity index is 1.61. The highest BCUT2D eigenvalue weighted by Crippen LogP contribution is 2.36. The van der Waals surface area contributed by atoms with Crippen LogP contribution in [0, 0.1) is 12.8 Å². The summed E-state index contributed by atoms with van der Waals surface area (Å²) in [5.74, 6) is 1.42. The van der Waals surface area contributed by atoms with Crippen molar-refractivity contribution in [2.24, 2.45) is 5.92 Å². The standard InChI is InChI=1S/C23H28N2O5/c1-16-7-5-6-8-20(16)30-12-11-24(2)23(27)17-13-22(26)25(15-17)19-14-18(28-3)9-10-21(19)29-4/h5-10,14,17H,11-13,15H2,1-4H3. The quantitative estimate of drug-likeness (QED) is 0.667. The molecule has 0 N–H and O–H groups in total. The molecule has 1 unspecified atom stereocenters. The minimum atomic E-state index is -0.406. The molecule has 1 aliphatic heterocycles. The van der Waals surface area contributed by atoms with Crippen molar-refractivity contribution >= 4 is 17.5 Å². The van der Waals surface area contributed by atoms with Gasteiger partial charge in [-0.3, -0.25) is 9.59 Å². The minimum absolute atomic E-state index is 0.0684. The lowest BCUT2D eigenvalue weighted by molar-refractivity contribution is -0.134. The van der Waals surface area contributed by atoms with Crippen molar-refractivity contribution < 1.29 is 23.8 Å². The molecular weight excluding hydrogens is 384 g/mol. The van der Waals surface area contributed by atoms with Gasteiger partial charge in [-0.2, -0.15) is 0 Å². The third-order valence-corrected chi connectivity index (χ3v) is 5.31. The number of ether oxygens (including phenoxy) is 3. The summed E-state index contributed by atoms with van der Waals surface area (Å²) in [5, 5.41) is 0. The third kappa shape index (κ3) is 4.67. The highest BCUT2D eigenvalue weighted by atomic mass is 16.5. The van der Waals surface area contributed by atoms with Crippen molar-refractivity contribution in [2.75, 3.05) is 45.9 Å². The molecule has 0 bridgehead atoms. The predicted octanol–water partition coefficient (Wildman–Crippen LogP) is 2.90. The van der Waals surface area contributed by atoms with Crippen LogP contribution in [0.3, 0.4) is 0 Å². The fraction of sp³-hybridized carbons (Fsp3) is 0.391. The van der Waals surface area contributed by atoms with Crippen molar-refractivity contribution in [1.82, 2.24) is 4.90 Å². The van der Waals surface area contributed by atoms with E-state index in [0.717, 1.165) is 11.3 Å². The summed E-state index contributed by atoms with van der Waals surface area (Å²) in [6.07, 6.45) is 0.169. The number of likely N-dealkylation sites (N-methyl/N-ethyl adjacent to an activating group) is 1. The molecule has 0 saturated carbocycles. The Labute approximate surface area is 177 Å². The SMILES string of the molecule is COc1ccc(OC)c(N2CC(C(=O)N(C)CCOc3ccccc3C)CC2=O)c1. The second kappa shape index (κ2) is 9.52. The molecule has 0 aromatic heterocycles. The Morgan fingerprint density at radius 1 is 1.13 bits per heavy atom. The van der Waals surface area contributed by atoms with Gasteiger partial charge in [-0.15, -0.1) is 0 Å². The average molecular weight is 412 g/mol. The molecular formula is C23H28N2O5. The number of benzene rings is 2. The first kappa shape index (κ1) is 21.5. The highest BCUT2D eigenvalue weighted by Gasteiger charge is 2.37. The molecule has 1 saturated heterocycles. The van der Waals surface area contributed by atoms with E-state index in [4.69, 9.17) is 14.2 Å². The van der Waals surface area contributed by atoms with E-state index in [9.17, 15) is 9.59 Å². The number of hydrogen-bond donors (Lipinski definition) is 0. The van der Waals surface area contributed by atoms with Gasteiger partial charge in [-0.25, -0.2) is 0 Å². The first-order chi connectivity index (χ1) is 14.4. The van der Waals surface area contributed by atoms with Gasteiger partial charge in [-0.1, -0.05) is 18.2 Å². The summed E-state index contributed by atoms with van der Waals surface area (Å²) in [6.45, 7) is 3.13. The van der Waals surface area contributed by atoms with Crippen LogP contribution in [0.25, 0.3) is 0 Å². The first-order valence-electron chi connectivity index (χ1n) is 9.90. The zero-order valence-electron chi connectivity index (χ0n) is 17.9. The fourth-order valence-corrected chi connectivity index (χ4v) is 3.55. The minimum Gasteiger partial charge on any atom is -0.497 e. The number of hydrogen-bond acceptors (Lipinski definition) is 5. The molecule has 160 valence electrons. The molecule has 3 rings (SSSR count). The second-order valence-electron chi connectivity index (χ2n) is 7.32. The lowest BCUT2D eigenvalue weighted by atomic mass is 10.1. The zero-order chi connectivity index (χ0) is 21.7. The van der Waals surface area contributed by atoms with Gasteiger partial charge in [0.1, 0.15) is 23.9 Å². The summed E-state index contributed by atoms with van der Waals surface area (Å²) in [4.78, 5) is 28.8. The number of rotatable bonds is 8. The van der Waals surface area contributed by atoms with E-state index in [1.807, 2.05) is 31.2 Å². The summed E-state index contributed by atoms with van der Waals surface area (Å²) >= 11 is 0. The fourth-order valence-electron chi connectivity index (χ4n) is 3.55. The number of carbonyl (C=O) groups excluding carboxylic acids is 2. The van der Waals surface area contributed by atoms with Crippen LogP contribution in [0.2, 0.25) is 0 Å². The van der Waals surface area contributed by atoms with Crippen LogP contribution in [0.1, 0.15) is 12.0 Å². The maximum atomic E-state index is 12.9. The Kier molecular flexibility index (Phi) is 6.82. The maximum absolute atomic E-state index is 12.9. The molecule has 1 aliphatic rings. The molecule has 2 aromatic carbocycles. The lowest BCUT2D eigenvalue weighted by Gasteiger charge is -2.23. The van der Waals surface area contributed by atoms with Crippen LogP contribution in [-0.4, -0.2) is 57.7 Å². The van der Waals surface area contributed by atoms with Crippen molar-refractivity contribution in [3.63, 3.8) is 0 Å². The Morgan fingerprint density at radius 3 is 2.60 bits per heavy atom. The lowest BCUT2D eigenvalue weighted by Crippen LogP contribution is -2.37. The van der Waals surface area contributed by atoms with Gasteiger partial charge in [0.15, 0.2) is 0 Å². The Hall–Kier alpha value is -3.22. The van der Waals surface area contributed by atoms with Crippen LogP contribution in [0.4, 0.5) is 5.69 Å². The average Bonchev–Trinajstić information content (AvgIpc) is 3.15. The number of anilines is 1. The number of methoxy groups -OCH3 is 2. The molecule has 30 heavy (non-hydrogen) atoms. The van der Waals surface area contributed by atoms with Crippen molar-refractivity contribution in [3.8, 4) is 17.2 Å². The summed E-state index contributed by atoms with van der Waals surface area (Å²) in [7, 11) is 4.86. The number of carbonyl (C=O) groups is 2. The topological polar surface area (TPSA) is 68.3 Å². The highest BCUT2D eigenvalue weighted by molar-refractivity contribution is 6.01. The molecule has 1 atom stereocenters. The molecule has 1 fully saturated rings. The van der Waals surface area contributed by atoms with Crippen molar-refractivity contribution in [1.29, 1.82) is 0 Å². The second-order valence-corrected chi connectivity index (χ2v) is 7.32. The number of nitrogens with zero attached hydrogens (tertiary/aromatic N) is 2. The predicted molar refractivity (Wildman–Crippen MR) is 114 cm³/mol. The summed E-state index contributed by atoms with van der Waals surface area (Å²) in [6, 6.07) is 13.0. The van der Waals surface area contributed by atoms with Gasteiger partial charge >= 0.3 is 0 Å². The molecule has 2 amide bonds. The number of aryl methyl sites for hydroxylation is 1. The maximum Gasteiger partial charge on any atom is 0.227 e. The molecule has 7 heteroatoms. The first-order valence-corrected chi connectivity index (χ1v) is 9.90. The van der Waals surface area contributed by atoms with Crippen LogP contribution in [0.5, 0.6) is 17.2 Å². The van der Waals surface area contributed by atoms with E-state index in [0.29, 0.717) is 36.9 Å². The van der Waals surface area contributed by atoms with E-state index >= 15 is 0 Å². The van der Waals surface area contributed by atoms with E-state index < -0.39 is 5.92 Å². The third-order valence-electron chi connectivity index (χ3n) is 5.31. The monoisotopic (exact) mass is 412 g/mol. The van der Waals surface area contributed by atoms with E-state index in [-0.39, 0.29) is 18.2 Å². The molecule has 1 heterocycles. The molecule has 2 aromatic rings. The largest absolute Gasteiger partial charge is 0.497 e. The van der Waals surface area contributed by atoms with Crippen molar-refractivity contribution in [3.05, 3.63) is 48.0 Å². The molecule has 7 nitrogen and oxygen atoms in total. The van der Waals surface area contributed by atoms with Crippen LogP contribution in [-0.2, 0) is 9.59 Å². The van der Waals surface area contributed by atoms with E-state index in [1.54, 1.807) is 49.3 Å². The zero-order valence-corrected chi connectivity index (χ0v) is 17.9. The summed E-state index contributed by atoms with van der Waals surface area (Å²) in [5.41, 5.74) is 1.67. The number of para-hydroxylation sites is 1. The van der Waals surface area contributed by atoms with Crippen molar-refractivity contribution in [2.45, 2.75) is 13.3 Å². The van der Waals surface area contributed by atoms with Gasteiger partial charge in [0.05, 0.1) is 32.4 Å². The summed E-state index contributed by atoms with van der Waals surface area (Å²) < 4.78 is 16.4. The Bertz CT molecular complexity index is 914. The molecule has 0 aliphatic carbocycles. The van der Waals surface area contributed by atoms with Crippen LogP contribution in [0.15, 0.2) is 42.5 Å².